The highest BCUT2D eigenvalue weighted by Crippen LogP contribution is 2.69. The molecule has 16 rings (SSSR count). The van der Waals surface area contributed by atoms with E-state index in [1.165, 1.54) is 122 Å². The van der Waals surface area contributed by atoms with Gasteiger partial charge in [-0.25, -0.2) is 0 Å². The fourth-order valence-electron chi connectivity index (χ4n) is 18.1. The Morgan fingerprint density at radius 3 is 2.05 bits per heavy atom. The fourth-order valence-corrected chi connectivity index (χ4v) is 19.1. The van der Waals surface area contributed by atoms with Gasteiger partial charge in [-0.15, -0.1) is 0 Å². The average molecular weight is 1010 g/mol. The lowest BCUT2D eigenvalue weighted by atomic mass is 9.32. The number of nitrogens with zero attached hydrogens (tertiary/aromatic N) is 2. The molecule has 2 nitrogen and oxygen atoms in total. The lowest BCUT2D eigenvalue weighted by molar-refractivity contribution is 0.00877. The first-order valence-electron chi connectivity index (χ1n) is 29.1. The molecule has 9 unspecified atom stereocenters. The zero-order valence-corrected chi connectivity index (χ0v) is 45.9. The van der Waals surface area contributed by atoms with Crippen molar-refractivity contribution in [3.8, 4) is 11.1 Å². The van der Waals surface area contributed by atoms with Crippen LogP contribution in [0.25, 0.3) is 11.1 Å². The Kier molecular flexibility index (Phi) is 9.91. The third kappa shape index (κ3) is 6.55. The van der Waals surface area contributed by atoms with Gasteiger partial charge in [-0.05, 0) is 209 Å². The molecule has 4 fully saturated rings. The van der Waals surface area contributed by atoms with E-state index in [1.807, 2.05) is 11.8 Å². The summed E-state index contributed by atoms with van der Waals surface area (Å²) in [7, 11) is 0. The van der Waals surface area contributed by atoms with E-state index < -0.39 is 0 Å². The van der Waals surface area contributed by atoms with Gasteiger partial charge in [-0.1, -0.05) is 184 Å². The Hall–Kier alpha value is -6.23. The fraction of sp³-hybridized carbons (Fsp3) is 0.333. The summed E-state index contributed by atoms with van der Waals surface area (Å²) in [6.07, 6.45) is 20.1. The molecule has 9 aliphatic rings. The summed E-state index contributed by atoms with van der Waals surface area (Å²) in [6.45, 7) is 13.1. The first kappa shape index (κ1) is 45.9. The molecule has 376 valence electrons. The van der Waals surface area contributed by atoms with Gasteiger partial charge in [-0.3, -0.25) is 0 Å². The third-order valence-electron chi connectivity index (χ3n) is 21.4. The van der Waals surface area contributed by atoms with Crippen LogP contribution >= 0.6 is 11.8 Å². The molecule has 0 spiro atoms. The summed E-state index contributed by atoms with van der Waals surface area (Å²) in [4.78, 5) is 8.59. The lowest BCUT2D eigenvalue weighted by Gasteiger charge is -2.63. The van der Waals surface area contributed by atoms with E-state index in [1.54, 1.807) is 27.8 Å². The molecule has 4 saturated carbocycles. The van der Waals surface area contributed by atoms with E-state index >= 15 is 0 Å². The van der Waals surface area contributed by atoms with Crippen LogP contribution in [0, 0.1) is 29.1 Å². The van der Waals surface area contributed by atoms with Crippen LogP contribution in [0.1, 0.15) is 126 Å². The molecule has 0 saturated heterocycles. The number of rotatable bonds is 8. The van der Waals surface area contributed by atoms with Crippen LogP contribution < -0.4 is 26.2 Å². The minimum absolute atomic E-state index is 0.0298. The number of anilines is 4. The van der Waals surface area contributed by atoms with Gasteiger partial charge in [0.2, 0.25) is 0 Å². The summed E-state index contributed by atoms with van der Waals surface area (Å²) >= 11 is 1.97. The Bertz CT molecular complexity index is 3670. The standard InChI is InChI=1S/C72H69BN2S/c1-45-33-50-35-53(50)42-69(2,41-45)74-59-26-17-23-49(34-46-19-9-6-10-20-46)66(59)73-67-61(74)39-52(65-57-30-29-48(47-21-11-7-12-22-47)38-58(57)71(4)31-15-16-32-72(65,71)5)40-62(67)75(70(3)43-54-36-51-37-55(44-70)64(51)54)60-27-18-28-63(68(60)73)76-56-24-13-8-14-25-56/h6-14,17-30,33,38-40,42-43,45,51,55,64-65H,15-16,31-32,34-37,41,44H2,1-5H3. The lowest BCUT2D eigenvalue weighted by Crippen LogP contribution is -2.68. The highest BCUT2D eigenvalue weighted by atomic mass is 32.2. The van der Waals surface area contributed by atoms with Gasteiger partial charge in [-0.2, -0.15) is 0 Å². The molecule has 7 aliphatic carbocycles. The molecule has 7 aromatic rings. The highest BCUT2D eigenvalue weighted by molar-refractivity contribution is 7.99. The summed E-state index contributed by atoms with van der Waals surface area (Å²) < 4.78 is 0. The first-order chi connectivity index (χ1) is 37.0. The van der Waals surface area contributed by atoms with Crippen molar-refractivity contribution in [3.63, 3.8) is 0 Å². The maximum absolute atomic E-state index is 2.97. The van der Waals surface area contributed by atoms with Gasteiger partial charge in [0.05, 0.1) is 11.1 Å². The number of hydrogen-bond acceptors (Lipinski definition) is 3. The minimum atomic E-state index is -0.275. The smallest absolute Gasteiger partial charge is 0.253 e. The summed E-state index contributed by atoms with van der Waals surface area (Å²) in [5.41, 5.74) is 24.7. The molecule has 4 heteroatoms. The summed E-state index contributed by atoms with van der Waals surface area (Å²) in [5, 5.41) is 0. The average Bonchev–Trinajstić information content (AvgIpc) is 4.16. The second-order valence-corrected chi connectivity index (χ2v) is 27.2. The Morgan fingerprint density at radius 2 is 1.30 bits per heavy atom. The van der Waals surface area contributed by atoms with Gasteiger partial charge in [0, 0.05) is 38.5 Å². The maximum atomic E-state index is 2.97. The summed E-state index contributed by atoms with van der Waals surface area (Å²) in [6, 6.07) is 61.8. The monoisotopic (exact) mass is 1000 g/mol. The molecular weight excluding hydrogens is 936 g/mol. The van der Waals surface area contributed by atoms with Crippen LogP contribution in [-0.4, -0.2) is 17.8 Å². The van der Waals surface area contributed by atoms with Crippen LogP contribution in [0.2, 0.25) is 0 Å². The SMILES string of the molecule is CC1C=C2CC2=CC(C)(N2c3cccc(Cc4ccccc4)c3B3c4c(Sc5ccccc5)cccc4N(C4(C)C=C5CC6CC(C4)C56)c4cc(C5c6ccc(-c7ccccc7)cc6C6(C)CCCCC56C)cc2c43)C1. The van der Waals surface area contributed by atoms with Gasteiger partial charge >= 0.3 is 0 Å². The Labute approximate surface area is 456 Å². The van der Waals surface area contributed by atoms with Crippen LogP contribution in [0.5, 0.6) is 0 Å². The molecule has 76 heavy (non-hydrogen) atoms. The number of hydrogen-bond donors (Lipinski definition) is 0. The largest absolute Gasteiger partial charge is 0.333 e. The van der Waals surface area contributed by atoms with Crippen LogP contribution in [0.4, 0.5) is 22.7 Å². The molecule has 0 aromatic heterocycles. The third-order valence-corrected chi connectivity index (χ3v) is 22.5. The molecule has 9 atom stereocenters. The van der Waals surface area contributed by atoms with Crippen LogP contribution in [-0.2, 0) is 11.8 Å². The number of allylic oxidation sites excluding steroid dienone is 4. The van der Waals surface area contributed by atoms with E-state index in [-0.39, 0.29) is 34.5 Å². The van der Waals surface area contributed by atoms with E-state index in [0.29, 0.717) is 5.92 Å². The Balaban J connectivity index is 1.01. The van der Waals surface area contributed by atoms with Gasteiger partial charge in [0.1, 0.15) is 0 Å². The van der Waals surface area contributed by atoms with Gasteiger partial charge in [0.25, 0.3) is 6.71 Å². The van der Waals surface area contributed by atoms with Crippen molar-refractivity contribution in [2.45, 2.75) is 131 Å². The van der Waals surface area contributed by atoms with Crippen molar-refractivity contribution in [1.82, 2.24) is 0 Å². The molecule has 7 aromatic carbocycles. The van der Waals surface area contributed by atoms with Crippen molar-refractivity contribution in [3.05, 3.63) is 220 Å². The normalized spacial score (nSPS) is 30.6. The molecule has 0 amide bonds. The number of fused-ring (bicyclic) bond motifs is 8. The quantitative estimate of drug-likeness (QED) is 0.111. The second kappa shape index (κ2) is 16.4. The van der Waals surface area contributed by atoms with Crippen molar-refractivity contribution >= 4 is 57.6 Å². The predicted molar refractivity (Wildman–Crippen MR) is 319 cm³/mol. The minimum Gasteiger partial charge on any atom is -0.333 e. The zero-order valence-electron chi connectivity index (χ0n) is 45.1. The van der Waals surface area contributed by atoms with E-state index in [9.17, 15) is 0 Å². The van der Waals surface area contributed by atoms with Crippen molar-refractivity contribution in [2.24, 2.45) is 29.1 Å². The van der Waals surface area contributed by atoms with Crippen molar-refractivity contribution in [1.29, 1.82) is 0 Å². The van der Waals surface area contributed by atoms with Gasteiger partial charge < -0.3 is 9.80 Å². The Morgan fingerprint density at radius 1 is 0.605 bits per heavy atom. The first-order valence-corrected chi connectivity index (χ1v) is 29.9. The van der Waals surface area contributed by atoms with Crippen molar-refractivity contribution < 1.29 is 0 Å². The molecule has 0 bridgehead atoms. The number of benzene rings is 7. The van der Waals surface area contributed by atoms with Crippen molar-refractivity contribution in [2.75, 3.05) is 9.80 Å². The van der Waals surface area contributed by atoms with E-state index in [0.717, 1.165) is 37.0 Å². The van der Waals surface area contributed by atoms with E-state index in [4.69, 9.17) is 0 Å². The van der Waals surface area contributed by atoms with Crippen LogP contribution in [0.15, 0.2) is 202 Å². The molecule has 0 radical (unpaired) electrons. The van der Waals surface area contributed by atoms with Gasteiger partial charge in [0.15, 0.2) is 0 Å². The molecule has 2 aliphatic heterocycles. The maximum Gasteiger partial charge on any atom is 0.253 e. The second-order valence-electron chi connectivity index (χ2n) is 26.1. The van der Waals surface area contributed by atoms with Crippen LogP contribution in [0.3, 0.4) is 0 Å². The van der Waals surface area contributed by atoms with E-state index in [2.05, 4.69) is 220 Å². The highest BCUT2D eigenvalue weighted by Gasteiger charge is 2.61. The zero-order chi connectivity index (χ0) is 50.9. The molecule has 2 heterocycles. The predicted octanol–water partition coefficient (Wildman–Crippen LogP) is 16.3. The molecular formula is C72H69BN2S. The topological polar surface area (TPSA) is 6.48 Å². The molecule has 0 N–H and O–H groups in total. The summed E-state index contributed by atoms with van der Waals surface area (Å²) in [5.74, 6) is 3.16.